The van der Waals surface area contributed by atoms with E-state index in [1.807, 2.05) is 49.7 Å². The summed E-state index contributed by atoms with van der Waals surface area (Å²) in [6.07, 6.45) is 0.183. The lowest BCUT2D eigenvalue weighted by Crippen LogP contribution is -2.40. The Labute approximate surface area is 176 Å². The van der Waals surface area contributed by atoms with E-state index >= 15 is 0 Å². The molecule has 162 valence electrons. The van der Waals surface area contributed by atoms with Crippen LogP contribution in [-0.4, -0.2) is 52.6 Å². The van der Waals surface area contributed by atoms with Crippen LogP contribution in [0.5, 0.6) is 5.75 Å². The fraction of sp³-hybridized carbons (Fsp3) is 0.500. The van der Waals surface area contributed by atoms with Crippen molar-refractivity contribution < 1.29 is 23.8 Å². The fourth-order valence-electron chi connectivity index (χ4n) is 3.37. The molecule has 8 heteroatoms. The van der Waals surface area contributed by atoms with Gasteiger partial charge in [-0.15, -0.1) is 0 Å². The van der Waals surface area contributed by atoms with Gasteiger partial charge in [0.2, 0.25) is 0 Å². The second kappa shape index (κ2) is 8.77. The van der Waals surface area contributed by atoms with Crippen molar-refractivity contribution in [1.29, 1.82) is 0 Å². The molecule has 1 aromatic carbocycles. The summed E-state index contributed by atoms with van der Waals surface area (Å²) < 4.78 is 17.7. The molecule has 2 aromatic rings. The molecule has 1 aromatic heterocycles. The number of carbonyl (C=O) groups excluding carboxylic acids is 2. The second-order valence-electron chi connectivity index (χ2n) is 8.15. The second-order valence-corrected chi connectivity index (χ2v) is 8.15. The number of hydrogen-bond donors (Lipinski definition) is 0. The van der Waals surface area contributed by atoms with E-state index in [-0.39, 0.29) is 18.8 Å². The summed E-state index contributed by atoms with van der Waals surface area (Å²) in [5, 5.41) is 4.55. The third kappa shape index (κ3) is 4.93. The summed E-state index contributed by atoms with van der Waals surface area (Å²) in [6, 6.07) is 7.71. The molecular weight excluding hydrogens is 386 g/mol. The maximum Gasteiger partial charge on any atom is 0.410 e. The van der Waals surface area contributed by atoms with Gasteiger partial charge in [-0.25, -0.2) is 9.59 Å². The summed E-state index contributed by atoms with van der Waals surface area (Å²) >= 11 is 0. The summed E-state index contributed by atoms with van der Waals surface area (Å²) in [4.78, 5) is 26.7. The number of benzene rings is 1. The first-order valence-corrected chi connectivity index (χ1v) is 10.1. The van der Waals surface area contributed by atoms with E-state index < -0.39 is 17.7 Å². The Morgan fingerprint density at radius 2 is 1.87 bits per heavy atom. The maximum absolute atomic E-state index is 12.5. The predicted octanol–water partition coefficient (Wildman–Crippen LogP) is 3.41. The normalized spacial score (nSPS) is 13.6. The standard InChI is InChI=1S/C22H29N3O5/c1-6-29-20(26)19-17-14-24(21(27)30-22(2,3)4)12-11-18(17)25(23-19)13-15-7-9-16(28-5)10-8-15/h7-10H,6,11-14H2,1-5H3. The lowest BCUT2D eigenvalue weighted by molar-refractivity contribution is 0.0219. The fourth-order valence-corrected chi connectivity index (χ4v) is 3.37. The minimum absolute atomic E-state index is 0.258. The van der Waals surface area contributed by atoms with E-state index in [0.29, 0.717) is 19.5 Å². The molecule has 0 N–H and O–H groups in total. The predicted molar refractivity (Wildman–Crippen MR) is 111 cm³/mol. The Bertz CT molecular complexity index is 912. The van der Waals surface area contributed by atoms with E-state index in [1.165, 1.54) is 0 Å². The molecule has 1 amide bonds. The molecule has 0 radical (unpaired) electrons. The van der Waals surface area contributed by atoms with Gasteiger partial charge in [0, 0.05) is 24.2 Å². The Kier molecular flexibility index (Phi) is 6.34. The van der Waals surface area contributed by atoms with E-state index in [0.717, 1.165) is 22.6 Å². The van der Waals surface area contributed by atoms with Gasteiger partial charge in [-0.2, -0.15) is 5.10 Å². The van der Waals surface area contributed by atoms with Gasteiger partial charge in [-0.1, -0.05) is 12.1 Å². The zero-order chi connectivity index (χ0) is 21.9. The molecule has 0 atom stereocenters. The Morgan fingerprint density at radius 1 is 1.17 bits per heavy atom. The van der Waals surface area contributed by atoms with Crippen molar-refractivity contribution in [3.8, 4) is 5.75 Å². The summed E-state index contributed by atoms with van der Waals surface area (Å²) in [5.41, 5.74) is 2.37. The van der Waals surface area contributed by atoms with Crippen LogP contribution in [0.4, 0.5) is 4.79 Å². The Balaban J connectivity index is 1.89. The largest absolute Gasteiger partial charge is 0.497 e. The molecule has 3 rings (SSSR count). The number of aromatic nitrogens is 2. The number of fused-ring (bicyclic) bond motifs is 1. The molecule has 8 nitrogen and oxygen atoms in total. The molecule has 0 aliphatic carbocycles. The van der Waals surface area contributed by atoms with Crippen molar-refractivity contribution in [2.45, 2.75) is 52.8 Å². The van der Waals surface area contributed by atoms with Crippen molar-refractivity contribution in [2.24, 2.45) is 0 Å². The summed E-state index contributed by atoms with van der Waals surface area (Å²) in [7, 11) is 1.63. The monoisotopic (exact) mass is 415 g/mol. The molecule has 0 bridgehead atoms. The number of rotatable bonds is 5. The van der Waals surface area contributed by atoms with Crippen molar-refractivity contribution in [3.05, 3.63) is 46.8 Å². The average Bonchev–Trinajstić information content (AvgIpc) is 3.05. The lowest BCUT2D eigenvalue weighted by atomic mass is 10.1. The highest BCUT2D eigenvalue weighted by Gasteiger charge is 2.32. The van der Waals surface area contributed by atoms with Crippen molar-refractivity contribution in [1.82, 2.24) is 14.7 Å². The van der Waals surface area contributed by atoms with Gasteiger partial charge >= 0.3 is 12.1 Å². The molecule has 0 spiro atoms. The molecule has 1 aliphatic heterocycles. The van der Waals surface area contributed by atoms with Crippen molar-refractivity contribution >= 4 is 12.1 Å². The Morgan fingerprint density at radius 3 is 2.47 bits per heavy atom. The number of hydrogen-bond acceptors (Lipinski definition) is 6. The highest BCUT2D eigenvalue weighted by atomic mass is 16.6. The van der Waals surface area contributed by atoms with Crippen molar-refractivity contribution in [3.63, 3.8) is 0 Å². The van der Waals surface area contributed by atoms with Crippen LogP contribution in [0, 0.1) is 0 Å². The minimum atomic E-state index is -0.583. The van der Waals surface area contributed by atoms with Crippen LogP contribution in [0.15, 0.2) is 24.3 Å². The summed E-state index contributed by atoms with van der Waals surface area (Å²) in [5.74, 6) is 0.301. The number of esters is 1. The highest BCUT2D eigenvalue weighted by Crippen LogP contribution is 2.26. The zero-order valence-electron chi connectivity index (χ0n) is 18.2. The Hall–Kier alpha value is -3.03. The van der Waals surface area contributed by atoms with Crippen LogP contribution >= 0.6 is 0 Å². The van der Waals surface area contributed by atoms with Gasteiger partial charge in [0.25, 0.3) is 0 Å². The third-order valence-corrected chi connectivity index (χ3v) is 4.75. The molecule has 0 fully saturated rings. The smallest absolute Gasteiger partial charge is 0.410 e. The SMILES string of the molecule is CCOC(=O)c1nn(Cc2ccc(OC)cc2)c2c1CN(C(=O)OC(C)(C)C)CC2. The van der Waals surface area contributed by atoms with Crippen molar-refractivity contribution in [2.75, 3.05) is 20.3 Å². The van der Waals surface area contributed by atoms with E-state index in [2.05, 4.69) is 5.10 Å². The van der Waals surface area contributed by atoms with Gasteiger partial charge in [-0.05, 0) is 45.4 Å². The van der Waals surface area contributed by atoms with Crippen LogP contribution in [0.1, 0.15) is 55.0 Å². The van der Waals surface area contributed by atoms with Gasteiger partial charge < -0.3 is 19.1 Å². The topological polar surface area (TPSA) is 82.9 Å². The van der Waals surface area contributed by atoms with Crippen LogP contribution in [-0.2, 0) is 29.0 Å². The molecule has 30 heavy (non-hydrogen) atoms. The minimum Gasteiger partial charge on any atom is -0.497 e. The first-order valence-electron chi connectivity index (χ1n) is 10.1. The molecule has 0 saturated carbocycles. The highest BCUT2D eigenvalue weighted by molar-refractivity contribution is 5.89. The van der Waals surface area contributed by atoms with Gasteiger partial charge in [0.1, 0.15) is 11.4 Å². The van der Waals surface area contributed by atoms with Crippen LogP contribution in [0.25, 0.3) is 0 Å². The average molecular weight is 415 g/mol. The molecule has 2 heterocycles. The lowest BCUT2D eigenvalue weighted by Gasteiger charge is -2.30. The maximum atomic E-state index is 12.5. The first-order chi connectivity index (χ1) is 14.2. The molecule has 0 saturated heterocycles. The van der Waals surface area contributed by atoms with Gasteiger partial charge in [-0.3, -0.25) is 4.68 Å². The number of methoxy groups -OCH3 is 1. The summed E-state index contributed by atoms with van der Waals surface area (Å²) in [6.45, 7) is 8.78. The quantitative estimate of drug-likeness (QED) is 0.696. The molecular formula is C22H29N3O5. The van der Waals surface area contributed by atoms with Crippen LogP contribution in [0.3, 0.4) is 0 Å². The number of amides is 1. The molecule has 1 aliphatic rings. The van der Waals surface area contributed by atoms with E-state index in [1.54, 1.807) is 18.9 Å². The van der Waals surface area contributed by atoms with Crippen LogP contribution < -0.4 is 4.74 Å². The third-order valence-electron chi connectivity index (χ3n) is 4.75. The van der Waals surface area contributed by atoms with Crippen LogP contribution in [0.2, 0.25) is 0 Å². The first kappa shape index (κ1) is 21.7. The van der Waals surface area contributed by atoms with Gasteiger partial charge in [0.15, 0.2) is 5.69 Å². The number of ether oxygens (including phenoxy) is 3. The van der Waals surface area contributed by atoms with E-state index in [9.17, 15) is 9.59 Å². The molecule has 0 unspecified atom stereocenters. The number of nitrogens with zero attached hydrogens (tertiary/aromatic N) is 3. The number of carbonyl (C=O) groups is 2. The van der Waals surface area contributed by atoms with Gasteiger partial charge in [0.05, 0.1) is 26.8 Å². The van der Waals surface area contributed by atoms with E-state index in [4.69, 9.17) is 14.2 Å². The zero-order valence-corrected chi connectivity index (χ0v) is 18.2.